The lowest BCUT2D eigenvalue weighted by molar-refractivity contribution is -0.125. The molecular weight excluding hydrogens is 371 g/mol. The van der Waals surface area contributed by atoms with E-state index < -0.39 is 17.1 Å². The Labute approximate surface area is 163 Å². The molecule has 0 radical (unpaired) electrons. The number of rotatable bonds is 5. The fourth-order valence-electron chi connectivity index (χ4n) is 2.31. The minimum atomic E-state index is -0.555. The molecule has 0 atom stereocenters. The lowest BCUT2D eigenvalue weighted by Crippen LogP contribution is -2.36. The third-order valence-corrected chi connectivity index (χ3v) is 4.03. The maximum Gasteiger partial charge on any atom is 0.262 e. The number of carbonyl (C=O) groups excluding carboxylic acids is 2. The molecule has 0 saturated carbocycles. The zero-order valence-electron chi connectivity index (χ0n) is 15.7. The fraction of sp³-hybridized carbons (Fsp3) is 0.300. The van der Waals surface area contributed by atoms with Gasteiger partial charge in [0.1, 0.15) is 11.6 Å². The van der Waals surface area contributed by atoms with Crippen LogP contribution < -0.4 is 15.0 Å². The van der Waals surface area contributed by atoms with Crippen LogP contribution in [0.15, 0.2) is 42.5 Å². The van der Waals surface area contributed by atoms with E-state index in [1.54, 1.807) is 36.2 Å². The molecule has 0 aromatic heterocycles. The molecule has 2 rings (SSSR count). The summed E-state index contributed by atoms with van der Waals surface area (Å²) in [5.74, 6) is -0.473. The molecule has 1 N–H and O–H groups in total. The van der Waals surface area contributed by atoms with E-state index in [9.17, 15) is 14.0 Å². The Morgan fingerprint density at radius 3 is 2.33 bits per heavy atom. The first-order chi connectivity index (χ1) is 12.6. The molecule has 2 aromatic carbocycles. The lowest BCUT2D eigenvalue weighted by Gasteiger charge is -2.26. The van der Waals surface area contributed by atoms with Crippen LogP contribution in [0.3, 0.4) is 0 Å². The van der Waals surface area contributed by atoms with Crippen molar-refractivity contribution in [3.63, 3.8) is 0 Å². The van der Waals surface area contributed by atoms with Gasteiger partial charge in [-0.15, -0.1) is 0 Å². The van der Waals surface area contributed by atoms with E-state index in [-0.39, 0.29) is 17.5 Å². The van der Waals surface area contributed by atoms with Crippen molar-refractivity contribution < 1.29 is 18.7 Å². The maximum absolute atomic E-state index is 13.1. The molecule has 27 heavy (non-hydrogen) atoms. The average molecular weight is 393 g/mol. The normalized spacial score (nSPS) is 11.0. The number of anilines is 2. The number of halogens is 2. The fourth-order valence-corrected chi connectivity index (χ4v) is 2.49. The number of nitrogens with one attached hydrogen (secondary N) is 1. The SMILES string of the molecule is CN(C(=O)C(C)(C)C)c1ccc(OCC(=O)Nc2ccc(F)c(Cl)c2)cc1. The van der Waals surface area contributed by atoms with Gasteiger partial charge in [-0.1, -0.05) is 32.4 Å². The second-order valence-electron chi connectivity index (χ2n) is 7.07. The van der Waals surface area contributed by atoms with Crippen molar-refractivity contribution in [3.05, 3.63) is 53.3 Å². The average Bonchev–Trinajstić information content (AvgIpc) is 2.61. The van der Waals surface area contributed by atoms with Crippen molar-refractivity contribution in [2.45, 2.75) is 20.8 Å². The van der Waals surface area contributed by atoms with Gasteiger partial charge in [0.25, 0.3) is 5.91 Å². The van der Waals surface area contributed by atoms with E-state index >= 15 is 0 Å². The smallest absolute Gasteiger partial charge is 0.262 e. The summed E-state index contributed by atoms with van der Waals surface area (Å²) in [5.41, 5.74) is 0.631. The number of benzene rings is 2. The molecular formula is C20H22ClFN2O3. The molecule has 0 aliphatic heterocycles. The van der Waals surface area contributed by atoms with Gasteiger partial charge in [0.2, 0.25) is 5.91 Å². The second kappa shape index (κ2) is 8.39. The van der Waals surface area contributed by atoms with E-state index in [0.717, 1.165) is 5.69 Å². The highest BCUT2D eigenvalue weighted by Crippen LogP contribution is 2.24. The highest BCUT2D eigenvalue weighted by atomic mass is 35.5. The van der Waals surface area contributed by atoms with Crippen LogP contribution in [0, 0.1) is 11.2 Å². The molecule has 0 heterocycles. The Morgan fingerprint density at radius 1 is 1.15 bits per heavy atom. The Hall–Kier alpha value is -2.60. The molecule has 2 aromatic rings. The van der Waals surface area contributed by atoms with E-state index in [1.807, 2.05) is 20.8 Å². The summed E-state index contributed by atoms with van der Waals surface area (Å²) in [6.07, 6.45) is 0. The van der Waals surface area contributed by atoms with Gasteiger partial charge in [0, 0.05) is 23.8 Å². The summed E-state index contributed by atoms with van der Waals surface area (Å²) in [6.45, 7) is 5.35. The lowest BCUT2D eigenvalue weighted by atomic mass is 9.95. The molecule has 0 aliphatic rings. The zero-order chi connectivity index (χ0) is 20.2. The Balaban J connectivity index is 1.91. The molecule has 0 spiro atoms. The van der Waals surface area contributed by atoms with Gasteiger partial charge in [-0.2, -0.15) is 0 Å². The predicted octanol–water partition coefficient (Wildman–Crippen LogP) is 4.51. The Morgan fingerprint density at radius 2 is 1.78 bits per heavy atom. The van der Waals surface area contributed by atoms with Crippen LogP contribution in [0.5, 0.6) is 5.75 Å². The zero-order valence-corrected chi connectivity index (χ0v) is 16.4. The van der Waals surface area contributed by atoms with Crippen LogP contribution in [-0.2, 0) is 9.59 Å². The Bertz CT molecular complexity index is 832. The maximum atomic E-state index is 13.1. The van der Waals surface area contributed by atoms with Crippen molar-refractivity contribution in [1.29, 1.82) is 0 Å². The van der Waals surface area contributed by atoms with Crippen LogP contribution in [0.4, 0.5) is 15.8 Å². The summed E-state index contributed by atoms with van der Waals surface area (Å²) in [7, 11) is 1.71. The van der Waals surface area contributed by atoms with Crippen molar-refractivity contribution in [1.82, 2.24) is 0 Å². The van der Waals surface area contributed by atoms with Gasteiger partial charge in [-0.3, -0.25) is 9.59 Å². The molecule has 0 saturated heterocycles. The van der Waals surface area contributed by atoms with Gasteiger partial charge >= 0.3 is 0 Å². The van der Waals surface area contributed by atoms with Gasteiger partial charge in [-0.25, -0.2) is 4.39 Å². The molecule has 0 unspecified atom stereocenters. The standard InChI is InChI=1S/C20H22ClFN2O3/c1-20(2,3)19(26)24(4)14-6-8-15(9-7-14)27-12-18(25)23-13-5-10-17(22)16(21)11-13/h5-11H,12H2,1-4H3,(H,23,25). The van der Waals surface area contributed by atoms with E-state index in [2.05, 4.69) is 5.32 Å². The van der Waals surface area contributed by atoms with Crippen LogP contribution in [0.1, 0.15) is 20.8 Å². The van der Waals surface area contributed by atoms with Crippen LogP contribution in [-0.4, -0.2) is 25.5 Å². The molecule has 5 nitrogen and oxygen atoms in total. The minimum absolute atomic E-state index is 0.00601. The monoisotopic (exact) mass is 392 g/mol. The molecule has 2 amide bonds. The number of hydrogen-bond acceptors (Lipinski definition) is 3. The Kier molecular flexibility index (Phi) is 6.44. The first-order valence-electron chi connectivity index (χ1n) is 8.34. The number of amides is 2. The first-order valence-corrected chi connectivity index (χ1v) is 8.71. The molecule has 7 heteroatoms. The van der Waals surface area contributed by atoms with Gasteiger partial charge in [-0.05, 0) is 42.5 Å². The largest absolute Gasteiger partial charge is 0.484 e. The first kappa shape index (κ1) is 20.7. The summed E-state index contributed by atoms with van der Waals surface area (Å²) in [6, 6.07) is 10.8. The number of hydrogen-bond donors (Lipinski definition) is 1. The van der Waals surface area contributed by atoms with Crippen LogP contribution in [0.25, 0.3) is 0 Å². The molecule has 0 bridgehead atoms. The third-order valence-electron chi connectivity index (χ3n) is 3.74. The van der Waals surface area contributed by atoms with Crippen molar-refractivity contribution in [2.24, 2.45) is 5.41 Å². The number of carbonyl (C=O) groups is 2. The highest BCUT2D eigenvalue weighted by molar-refractivity contribution is 6.31. The molecule has 144 valence electrons. The van der Waals surface area contributed by atoms with Crippen LogP contribution >= 0.6 is 11.6 Å². The van der Waals surface area contributed by atoms with E-state index in [0.29, 0.717) is 11.4 Å². The summed E-state index contributed by atoms with van der Waals surface area (Å²) < 4.78 is 18.6. The van der Waals surface area contributed by atoms with Gasteiger partial charge in [0.15, 0.2) is 6.61 Å². The predicted molar refractivity (Wildman–Crippen MR) is 105 cm³/mol. The van der Waals surface area contributed by atoms with Crippen molar-refractivity contribution in [3.8, 4) is 5.75 Å². The number of ether oxygens (including phenoxy) is 1. The third kappa shape index (κ3) is 5.69. The van der Waals surface area contributed by atoms with E-state index in [1.165, 1.54) is 18.2 Å². The van der Waals surface area contributed by atoms with Gasteiger partial charge in [0.05, 0.1) is 5.02 Å². The van der Waals surface area contributed by atoms with Gasteiger partial charge < -0.3 is 15.0 Å². The molecule has 0 fully saturated rings. The molecule has 0 aliphatic carbocycles. The van der Waals surface area contributed by atoms with Crippen LogP contribution in [0.2, 0.25) is 5.02 Å². The summed E-state index contributed by atoms with van der Waals surface area (Å²) >= 11 is 5.68. The second-order valence-corrected chi connectivity index (χ2v) is 7.48. The summed E-state index contributed by atoms with van der Waals surface area (Å²) in [4.78, 5) is 25.8. The minimum Gasteiger partial charge on any atom is -0.484 e. The topological polar surface area (TPSA) is 58.6 Å². The van der Waals surface area contributed by atoms with Crippen molar-refractivity contribution in [2.75, 3.05) is 23.9 Å². The van der Waals surface area contributed by atoms with E-state index in [4.69, 9.17) is 16.3 Å². The van der Waals surface area contributed by atoms with Crippen molar-refractivity contribution >= 4 is 34.8 Å². The highest BCUT2D eigenvalue weighted by Gasteiger charge is 2.25. The quantitative estimate of drug-likeness (QED) is 0.814. The number of nitrogens with zero attached hydrogens (tertiary/aromatic N) is 1. The summed E-state index contributed by atoms with van der Waals surface area (Å²) in [5, 5.41) is 2.50.